The number of rotatable bonds is 2. The van der Waals surface area contributed by atoms with E-state index in [9.17, 15) is 0 Å². The largest absolute Gasteiger partial charge is 0.403 e. The molecule has 19 heavy (non-hydrogen) atoms. The molecule has 0 aliphatic carbocycles. The fourth-order valence-electron chi connectivity index (χ4n) is 1.75. The maximum absolute atomic E-state index is 7.83. The Balaban J connectivity index is 2.08. The van der Waals surface area contributed by atoms with Crippen molar-refractivity contribution in [1.82, 2.24) is 9.78 Å². The van der Waals surface area contributed by atoms with E-state index in [0.717, 1.165) is 11.3 Å². The first-order valence-electron chi connectivity index (χ1n) is 5.70. The standard InChI is InChI=1S/C14H10ClN3O/c15-11-6-8-12(9-7-11)18-14(16)19-13(17-18)10-4-2-1-3-5-10/h1-9,16H. The van der Waals surface area contributed by atoms with Crippen LogP contribution < -0.4 is 5.68 Å². The van der Waals surface area contributed by atoms with E-state index < -0.39 is 0 Å². The third-order valence-corrected chi connectivity index (χ3v) is 2.92. The number of nitrogens with zero attached hydrogens (tertiary/aromatic N) is 2. The molecule has 1 N–H and O–H groups in total. The van der Waals surface area contributed by atoms with Gasteiger partial charge in [0, 0.05) is 10.6 Å². The van der Waals surface area contributed by atoms with Crippen LogP contribution in [0, 0.1) is 5.41 Å². The molecule has 4 nitrogen and oxygen atoms in total. The molecular weight excluding hydrogens is 262 g/mol. The second-order valence-electron chi connectivity index (χ2n) is 3.97. The Morgan fingerprint density at radius 3 is 2.37 bits per heavy atom. The number of halogens is 1. The van der Waals surface area contributed by atoms with Crippen LogP contribution in [0.3, 0.4) is 0 Å². The zero-order valence-electron chi connectivity index (χ0n) is 9.88. The minimum Gasteiger partial charge on any atom is -0.403 e. The quantitative estimate of drug-likeness (QED) is 0.778. The first kappa shape index (κ1) is 11.7. The molecule has 0 saturated heterocycles. The second-order valence-corrected chi connectivity index (χ2v) is 4.40. The Morgan fingerprint density at radius 2 is 1.68 bits per heavy atom. The SMILES string of the molecule is N=c1oc(-c2ccccc2)nn1-c1ccc(Cl)cc1. The van der Waals surface area contributed by atoms with Gasteiger partial charge in [0.25, 0.3) is 0 Å². The van der Waals surface area contributed by atoms with E-state index in [1.807, 2.05) is 30.3 Å². The fraction of sp³-hybridized carbons (Fsp3) is 0. The van der Waals surface area contributed by atoms with Crippen molar-refractivity contribution in [3.63, 3.8) is 0 Å². The maximum atomic E-state index is 7.83. The molecule has 0 aliphatic heterocycles. The number of aromatic nitrogens is 2. The molecular formula is C14H10ClN3O. The van der Waals surface area contributed by atoms with Crippen LogP contribution in [0.2, 0.25) is 5.02 Å². The average Bonchev–Trinajstić information content (AvgIpc) is 2.83. The van der Waals surface area contributed by atoms with Gasteiger partial charge in [0.1, 0.15) is 0 Å². The van der Waals surface area contributed by atoms with Crippen molar-refractivity contribution in [1.29, 1.82) is 5.41 Å². The molecule has 3 aromatic rings. The normalized spacial score (nSPS) is 10.6. The summed E-state index contributed by atoms with van der Waals surface area (Å²) in [6.07, 6.45) is 0. The monoisotopic (exact) mass is 271 g/mol. The third kappa shape index (κ3) is 2.30. The van der Waals surface area contributed by atoms with E-state index >= 15 is 0 Å². The summed E-state index contributed by atoms with van der Waals surface area (Å²) in [5.74, 6) is 0.417. The molecule has 0 spiro atoms. The molecule has 0 unspecified atom stereocenters. The van der Waals surface area contributed by atoms with Crippen molar-refractivity contribution in [3.8, 4) is 17.1 Å². The van der Waals surface area contributed by atoms with Crippen LogP contribution in [0.5, 0.6) is 0 Å². The summed E-state index contributed by atoms with van der Waals surface area (Å²) in [6.45, 7) is 0. The van der Waals surface area contributed by atoms with Gasteiger partial charge in [-0.25, -0.2) is 5.41 Å². The lowest BCUT2D eigenvalue weighted by Crippen LogP contribution is -2.13. The Kier molecular flexibility index (Phi) is 2.93. The number of hydrogen-bond donors (Lipinski definition) is 1. The van der Waals surface area contributed by atoms with E-state index in [4.69, 9.17) is 21.4 Å². The van der Waals surface area contributed by atoms with Crippen molar-refractivity contribution >= 4 is 11.6 Å². The van der Waals surface area contributed by atoms with E-state index in [1.165, 1.54) is 4.68 Å². The summed E-state index contributed by atoms with van der Waals surface area (Å²) in [4.78, 5) is 0. The average molecular weight is 272 g/mol. The van der Waals surface area contributed by atoms with Gasteiger partial charge >= 0.3 is 5.68 Å². The molecule has 94 valence electrons. The van der Waals surface area contributed by atoms with E-state index in [0.29, 0.717) is 10.9 Å². The Bertz CT molecular complexity index is 744. The number of nitrogens with one attached hydrogen (secondary N) is 1. The summed E-state index contributed by atoms with van der Waals surface area (Å²) >= 11 is 5.84. The highest BCUT2D eigenvalue weighted by molar-refractivity contribution is 6.30. The predicted octanol–water partition coefficient (Wildman–Crippen LogP) is 3.27. The lowest BCUT2D eigenvalue weighted by molar-refractivity contribution is 0.487. The first-order chi connectivity index (χ1) is 9.24. The Labute approximate surface area is 114 Å². The van der Waals surface area contributed by atoms with Gasteiger partial charge in [-0.2, -0.15) is 4.68 Å². The predicted molar refractivity (Wildman–Crippen MR) is 72.1 cm³/mol. The first-order valence-corrected chi connectivity index (χ1v) is 6.08. The smallest absolute Gasteiger partial charge is 0.317 e. The highest BCUT2D eigenvalue weighted by Crippen LogP contribution is 2.16. The van der Waals surface area contributed by atoms with Crippen LogP contribution in [0.25, 0.3) is 17.1 Å². The van der Waals surface area contributed by atoms with Gasteiger partial charge in [-0.3, -0.25) is 0 Å². The van der Waals surface area contributed by atoms with Crippen molar-refractivity contribution < 1.29 is 4.42 Å². The van der Waals surface area contributed by atoms with E-state index in [-0.39, 0.29) is 5.68 Å². The fourth-order valence-corrected chi connectivity index (χ4v) is 1.87. The van der Waals surface area contributed by atoms with Crippen LogP contribution in [-0.4, -0.2) is 9.78 Å². The highest BCUT2D eigenvalue weighted by Gasteiger charge is 2.09. The third-order valence-electron chi connectivity index (χ3n) is 2.67. The van der Waals surface area contributed by atoms with Crippen molar-refractivity contribution in [2.45, 2.75) is 0 Å². The van der Waals surface area contributed by atoms with Crippen LogP contribution in [0.4, 0.5) is 0 Å². The molecule has 1 heterocycles. The van der Waals surface area contributed by atoms with Gasteiger partial charge < -0.3 is 4.42 Å². The maximum Gasteiger partial charge on any atom is 0.317 e. The topological polar surface area (TPSA) is 54.8 Å². The van der Waals surface area contributed by atoms with Crippen LogP contribution >= 0.6 is 11.6 Å². The minimum absolute atomic E-state index is 0.0267. The molecule has 0 atom stereocenters. The molecule has 1 aromatic heterocycles. The number of benzene rings is 2. The summed E-state index contributed by atoms with van der Waals surface area (Å²) < 4.78 is 6.80. The second kappa shape index (κ2) is 4.74. The van der Waals surface area contributed by atoms with Gasteiger partial charge in [-0.15, -0.1) is 5.10 Å². The Hall–Kier alpha value is -2.33. The van der Waals surface area contributed by atoms with Crippen LogP contribution in [0.15, 0.2) is 59.0 Å². The van der Waals surface area contributed by atoms with Gasteiger partial charge in [-0.1, -0.05) is 29.8 Å². The van der Waals surface area contributed by atoms with Crippen molar-refractivity contribution in [3.05, 3.63) is 65.3 Å². The number of hydrogen-bond acceptors (Lipinski definition) is 3. The molecule has 0 aliphatic rings. The highest BCUT2D eigenvalue weighted by atomic mass is 35.5. The zero-order valence-corrected chi connectivity index (χ0v) is 10.6. The molecule has 0 bridgehead atoms. The molecule has 5 heteroatoms. The van der Waals surface area contributed by atoms with Crippen LogP contribution in [0.1, 0.15) is 0 Å². The van der Waals surface area contributed by atoms with Crippen LogP contribution in [-0.2, 0) is 0 Å². The Morgan fingerprint density at radius 1 is 1.00 bits per heavy atom. The summed E-state index contributed by atoms with van der Waals surface area (Å²) in [7, 11) is 0. The lowest BCUT2D eigenvalue weighted by atomic mass is 10.2. The van der Waals surface area contributed by atoms with Crippen molar-refractivity contribution in [2.24, 2.45) is 0 Å². The molecule has 0 saturated carbocycles. The molecule has 0 fully saturated rings. The summed E-state index contributed by atoms with van der Waals surface area (Å²) in [5, 5.41) is 12.8. The zero-order chi connectivity index (χ0) is 13.2. The molecule has 3 rings (SSSR count). The lowest BCUT2D eigenvalue weighted by Gasteiger charge is -1.98. The molecule has 0 amide bonds. The molecule has 0 radical (unpaired) electrons. The van der Waals surface area contributed by atoms with E-state index in [2.05, 4.69) is 5.10 Å². The van der Waals surface area contributed by atoms with E-state index in [1.54, 1.807) is 24.3 Å². The summed E-state index contributed by atoms with van der Waals surface area (Å²) in [5.41, 5.74) is 1.55. The van der Waals surface area contributed by atoms with Gasteiger partial charge in [-0.05, 0) is 36.4 Å². The minimum atomic E-state index is -0.0267. The van der Waals surface area contributed by atoms with Gasteiger partial charge in [0.2, 0.25) is 5.89 Å². The van der Waals surface area contributed by atoms with Gasteiger partial charge in [0.15, 0.2) is 0 Å². The summed E-state index contributed by atoms with van der Waals surface area (Å²) in [6, 6.07) is 16.6. The van der Waals surface area contributed by atoms with Gasteiger partial charge in [0.05, 0.1) is 5.69 Å². The molecule has 2 aromatic carbocycles. The van der Waals surface area contributed by atoms with Crippen molar-refractivity contribution in [2.75, 3.05) is 0 Å².